The Hall–Kier alpha value is -0.910. The molecule has 0 spiro atoms. The summed E-state index contributed by atoms with van der Waals surface area (Å²) in [6, 6.07) is 1.95. The Bertz CT molecular complexity index is 541. The summed E-state index contributed by atoms with van der Waals surface area (Å²) in [4.78, 5) is 9.18. The zero-order valence-electron chi connectivity index (χ0n) is 10.4. The molecular weight excluding hydrogens is 270 g/mol. The van der Waals surface area contributed by atoms with Gasteiger partial charge in [0.15, 0.2) is 0 Å². The normalized spacial score (nSPS) is 14.7. The van der Waals surface area contributed by atoms with Crippen LogP contribution in [0.1, 0.15) is 26.7 Å². The molecule has 6 heteroatoms. The second kappa shape index (κ2) is 5.38. The van der Waals surface area contributed by atoms with Gasteiger partial charge < -0.3 is 10.4 Å². The van der Waals surface area contributed by atoms with Crippen LogP contribution < -0.4 is 5.32 Å². The van der Waals surface area contributed by atoms with Gasteiger partial charge in [-0.05, 0) is 36.4 Å². The molecular formula is C12H16ClN3OS. The summed E-state index contributed by atoms with van der Waals surface area (Å²) in [6.07, 6.45) is 1.68. The molecule has 18 heavy (non-hydrogen) atoms. The lowest BCUT2D eigenvalue weighted by Crippen LogP contribution is -2.33. The molecule has 0 fully saturated rings. The van der Waals surface area contributed by atoms with Gasteiger partial charge >= 0.3 is 0 Å². The third-order valence-corrected chi connectivity index (χ3v) is 3.70. The van der Waals surface area contributed by atoms with Crippen LogP contribution >= 0.6 is 22.9 Å². The van der Waals surface area contributed by atoms with Crippen molar-refractivity contribution >= 4 is 39.0 Å². The van der Waals surface area contributed by atoms with Crippen LogP contribution in [0.25, 0.3) is 10.2 Å². The molecule has 2 heterocycles. The predicted octanol–water partition coefficient (Wildman–Crippen LogP) is 3.31. The maximum absolute atomic E-state index is 10.1. The van der Waals surface area contributed by atoms with E-state index >= 15 is 0 Å². The number of nitrogens with one attached hydrogen (secondary N) is 1. The van der Waals surface area contributed by atoms with Crippen molar-refractivity contribution in [3.05, 3.63) is 16.7 Å². The average molecular weight is 286 g/mol. The summed E-state index contributed by atoms with van der Waals surface area (Å²) in [5.41, 5.74) is -0.742. The third kappa shape index (κ3) is 3.10. The average Bonchev–Trinajstić information content (AvgIpc) is 2.73. The van der Waals surface area contributed by atoms with E-state index < -0.39 is 5.60 Å². The molecule has 0 amide bonds. The molecule has 98 valence electrons. The number of nitrogens with zero attached hydrogens (tertiary/aromatic N) is 2. The quantitative estimate of drug-likeness (QED) is 0.828. The summed E-state index contributed by atoms with van der Waals surface area (Å²) < 4.78 is 0. The van der Waals surface area contributed by atoms with Crippen molar-refractivity contribution in [2.45, 2.75) is 32.3 Å². The van der Waals surface area contributed by atoms with Gasteiger partial charge in [0.25, 0.3) is 0 Å². The number of hydrogen-bond acceptors (Lipinski definition) is 5. The number of thiophene rings is 1. The second-order valence-corrected chi connectivity index (χ2v) is 5.81. The Labute approximate surface area is 115 Å². The summed E-state index contributed by atoms with van der Waals surface area (Å²) >= 11 is 7.40. The zero-order valence-corrected chi connectivity index (χ0v) is 12.0. The van der Waals surface area contributed by atoms with Crippen LogP contribution in [0.3, 0.4) is 0 Å². The van der Waals surface area contributed by atoms with Gasteiger partial charge in [-0.1, -0.05) is 13.3 Å². The second-order valence-electron chi connectivity index (χ2n) is 4.58. The standard InChI is InChI=1S/C12H16ClN3OS/c1-3-5-12(2,17)7-14-9-8-4-6-18-10(8)16-11(13)15-9/h4,6,17H,3,5,7H2,1-2H3,(H,14,15,16). The highest BCUT2D eigenvalue weighted by atomic mass is 35.5. The Morgan fingerprint density at radius 2 is 2.28 bits per heavy atom. The van der Waals surface area contributed by atoms with Crippen LogP contribution in [0, 0.1) is 0 Å². The van der Waals surface area contributed by atoms with Gasteiger partial charge in [0, 0.05) is 6.54 Å². The van der Waals surface area contributed by atoms with Gasteiger partial charge in [-0.15, -0.1) is 11.3 Å². The first-order valence-electron chi connectivity index (χ1n) is 5.89. The Morgan fingerprint density at radius 1 is 1.50 bits per heavy atom. The fourth-order valence-corrected chi connectivity index (χ4v) is 2.85. The monoisotopic (exact) mass is 285 g/mol. The lowest BCUT2D eigenvalue weighted by atomic mass is 10.0. The van der Waals surface area contributed by atoms with Crippen LogP contribution in [-0.2, 0) is 0 Å². The van der Waals surface area contributed by atoms with E-state index in [2.05, 4.69) is 15.3 Å². The number of rotatable bonds is 5. The van der Waals surface area contributed by atoms with E-state index in [1.54, 1.807) is 0 Å². The highest BCUT2D eigenvalue weighted by Gasteiger charge is 2.19. The van der Waals surface area contributed by atoms with Crippen LogP contribution in [0.2, 0.25) is 5.28 Å². The van der Waals surface area contributed by atoms with Crippen molar-refractivity contribution in [2.24, 2.45) is 0 Å². The molecule has 2 N–H and O–H groups in total. The number of anilines is 1. The van der Waals surface area contributed by atoms with Crippen molar-refractivity contribution in [2.75, 3.05) is 11.9 Å². The van der Waals surface area contributed by atoms with E-state index in [9.17, 15) is 5.11 Å². The van der Waals surface area contributed by atoms with Gasteiger partial charge in [0.1, 0.15) is 10.6 Å². The van der Waals surface area contributed by atoms with Crippen molar-refractivity contribution in [3.8, 4) is 0 Å². The molecule has 0 saturated heterocycles. The van der Waals surface area contributed by atoms with Crippen LogP contribution in [0.4, 0.5) is 5.82 Å². The van der Waals surface area contributed by atoms with Gasteiger partial charge in [-0.3, -0.25) is 0 Å². The van der Waals surface area contributed by atoms with Crippen LogP contribution in [0.5, 0.6) is 0 Å². The molecule has 0 aliphatic carbocycles. The maximum Gasteiger partial charge on any atom is 0.225 e. The van der Waals surface area contributed by atoms with E-state index in [1.165, 1.54) is 11.3 Å². The SMILES string of the molecule is CCCC(C)(O)CNc1nc(Cl)nc2sccc12. The van der Waals surface area contributed by atoms with Crippen molar-refractivity contribution in [3.63, 3.8) is 0 Å². The third-order valence-electron chi connectivity index (χ3n) is 2.72. The minimum absolute atomic E-state index is 0.225. The van der Waals surface area contributed by atoms with E-state index in [4.69, 9.17) is 11.6 Å². The minimum atomic E-state index is -0.742. The molecule has 2 aromatic rings. The molecule has 0 aliphatic rings. The molecule has 0 bridgehead atoms. The van der Waals surface area contributed by atoms with Gasteiger partial charge in [0.2, 0.25) is 5.28 Å². The number of aromatic nitrogens is 2. The van der Waals surface area contributed by atoms with Gasteiger partial charge in [-0.2, -0.15) is 0 Å². The topological polar surface area (TPSA) is 58.0 Å². The fraction of sp³-hybridized carbons (Fsp3) is 0.500. The summed E-state index contributed by atoms with van der Waals surface area (Å²) in [5.74, 6) is 0.683. The number of halogens is 1. The van der Waals surface area contributed by atoms with Crippen LogP contribution in [0.15, 0.2) is 11.4 Å². The number of hydrogen-bond donors (Lipinski definition) is 2. The predicted molar refractivity (Wildman–Crippen MR) is 76.4 cm³/mol. The fourth-order valence-electron chi connectivity index (χ4n) is 1.87. The first-order valence-corrected chi connectivity index (χ1v) is 7.14. The van der Waals surface area contributed by atoms with Crippen molar-refractivity contribution in [1.29, 1.82) is 0 Å². The van der Waals surface area contributed by atoms with E-state index in [0.29, 0.717) is 12.4 Å². The molecule has 0 saturated carbocycles. The van der Waals surface area contributed by atoms with E-state index in [-0.39, 0.29) is 5.28 Å². The first-order chi connectivity index (χ1) is 8.52. The molecule has 0 radical (unpaired) electrons. The summed E-state index contributed by atoms with van der Waals surface area (Å²) in [6.45, 7) is 4.31. The molecule has 1 atom stereocenters. The Morgan fingerprint density at radius 3 is 3.00 bits per heavy atom. The number of fused-ring (bicyclic) bond motifs is 1. The highest BCUT2D eigenvalue weighted by molar-refractivity contribution is 7.16. The summed E-state index contributed by atoms with van der Waals surface area (Å²) in [5, 5.41) is 16.4. The Kier molecular flexibility index (Phi) is 4.04. The molecule has 4 nitrogen and oxygen atoms in total. The highest BCUT2D eigenvalue weighted by Crippen LogP contribution is 2.27. The van der Waals surface area contributed by atoms with Gasteiger partial charge in [0.05, 0.1) is 11.0 Å². The largest absolute Gasteiger partial charge is 0.388 e. The maximum atomic E-state index is 10.1. The van der Waals surface area contributed by atoms with Gasteiger partial charge in [-0.25, -0.2) is 9.97 Å². The summed E-state index contributed by atoms with van der Waals surface area (Å²) in [7, 11) is 0. The molecule has 1 unspecified atom stereocenters. The van der Waals surface area contributed by atoms with E-state index in [0.717, 1.165) is 23.1 Å². The smallest absolute Gasteiger partial charge is 0.225 e. The molecule has 2 aromatic heterocycles. The van der Waals surface area contributed by atoms with Crippen molar-refractivity contribution < 1.29 is 5.11 Å². The van der Waals surface area contributed by atoms with Crippen molar-refractivity contribution in [1.82, 2.24) is 9.97 Å². The van der Waals surface area contributed by atoms with Crippen LogP contribution in [-0.4, -0.2) is 27.2 Å². The first kappa shape index (κ1) is 13.5. The molecule has 0 aromatic carbocycles. The Balaban J connectivity index is 2.19. The minimum Gasteiger partial charge on any atom is -0.388 e. The molecule has 0 aliphatic heterocycles. The van der Waals surface area contributed by atoms with E-state index in [1.807, 2.05) is 25.3 Å². The molecule has 2 rings (SSSR count). The lowest BCUT2D eigenvalue weighted by molar-refractivity contribution is 0.0636. The lowest BCUT2D eigenvalue weighted by Gasteiger charge is -2.23. The zero-order chi connectivity index (χ0) is 13.2. The number of aliphatic hydroxyl groups is 1.